The fourth-order valence-electron chi connectivity index (χ4n) is 1.39. The van der Waals surface area contributed by atoms with Crippen molar-refractivity contribution in [1.29, 1.82) is 0 Å². The normalized spacial score (nSPS) is 10.7. The van der Waals surface area contributed by atoms with E-state index in [1.807, 2.05) is 12.1 Å². The van der Waals surface area contributed by atoms with Crippen molar-refractivity contribution in [2.24, 2.45) is 5.92 Å². The maximum atomic E-state index is 5.81. The van der Waals surface area contributed by atoms with Crippen LogP contribution >= 0.6 is 27.5 Å². The Bertz CT molecular complexity index is 367. The summed E-state index contributed by atoms with van der Waals surface area (Å²) >= 11 is 9.29. The number of methoxy groups -OCH3 is 1. The molecule has 1 aromatic carbocycles. The molecule has 2 nitrogen and oxygen atoms in total. The van der Waals surface area contributed by atoms with Crippen molar-refractivity contribution in [3.05, 3.63) is 22.2 Å². The molecular weight excluding hydrogens is 303 g/mol. The summed E-state index contributed by atoms with van der Waals surface area (Å²) in [5.41, 5.74) is 1.01. The molecule has 0 fully saturated rings. The number of hydrogen-bond donors (Lipinski definition) is 0. The number of benzene rings is 1. The number of ether oxygens (including phenoxy) is 2. The Labute approximate surface area is 116 Å². The van der Waals surface area contributed by atoms with Crippen molar-refractivity contribution in [1.82, 2.24) is 0 Å². The number of hydrogen-bond acceptors (Lipinski definition) is 2. The summed E-state index contributed by atoms with van der Waals surface area (Å²) in [6, 6.07) is 3.86. The van der Waals surface area contributed by atoms with Gasteiger partial charge in [-0.15, -0.1) is 11.6 Å². The van der Waals surface area contributed by atoms with Gasteiger partial charge in [0.25, 0.3) is 0 Å². The van der Waals surface area contributed by atoms with E-state index in [1.54, 1.807) is 7.11 Å². The minimum Gasteiger partial charge on any atom is -0.493 e. The van der Waals surface area contributed by atoms with E-state index in [1.165, 1.54) is 0 Å². The van der Waals surface area contributed by atoms with Gasteiger partial charge in [0.1, 0.15) is 0 Å². The quantitative estimate of drug-likeness (QED) is 0.712. The molecule has 0 saturated heterocycles. The summed E-state index contributed by atoms with van der Waals surface area (Å²) in [5.74, 6) is 2.56. The van der Waals surface area contributed by atoms with Crippen molar-refractivity contribution in [2.45, 2.75) is 26.1 Å². The fourth-order valence-corrected chi connectivity index (χ4v) is 2.15. The molecule has 4 heteroatoms. The third-order valence-corrected chi connectivity index (χ3v) is 3.28. The van der Waals surface area contributed by atoms with Crippen LogP contribution in [0.25, 0.3) is 0 Å². The monoisotopic (exact) mass is 320 g/mol. The molecule has 0 aliphatic heterocycles. The van der Waals surface area contributed by atoms with Crippen LogP contribution in [0.15, 0.2) is 16.6 Å². The van der Waals surface area contributed by atoms with Crippen LogP contribution in [-0.4, -0.2) is 13.7 Å². The maximum Gasteiger partial charge on any atom is 0.175 e. The molecule has 0 aliphatic rings. The molecule has 96 valence electrons. The molecule has 1 aromatic rings. The van der Waals surface area contributed by atoms with Crippen molar-refractivity contribution < 1.29 is 9.47 Å². The Morgan fingerprint density at radius 3 is 2.59 bits per heavy atom. The van der Waals surface area contributed by atoms with Gasteiger partial charge in [0.15, 0.2) is 11.5 Å². The maximum absolute atomic E-state index is 5.81. The van der Waals surface area contributed by atoms with Gasteiger partial charge in [0, 0.05) is 5.88 Å². The minimum atomic E-state index is 0.460. The lowest BCUT2D eigenvalue weighted by Gasteiger charge is -2.14. The second kappa shape index (κ2) is 7.12. The van der Waals surface area contributed by atoms with Crippen LogP contribution in [0.1, 0.15) is 25.8 Å². The molecule has 0 heterocycles. The van der Waals surface area contributed by atoms with Crippen molar-refractivity contribution in [3.8, 4) is 11.5 Å². The molecule has 0 spiro atoms. The van der Waals surface area contributed by atoms with Crippen LogP contribution in [0.4, 0.5) is 0 Å². The first kappa shape index (κ1) is 14.7. The van der Waals surface area contributed by atoms with Gasteiger partial charge < -0.3 is 9.47 Å². The van der Waals surface area contributed by atoms with E-state index in [2.05, 4.69) is 29.8 Å². The van der Waals surface area contributed by atoms with Crippen LogP contribution in [0.5, 0.6) is 11.5 Å². The molecule has 0 amide bonds. The van der Waals surface area contributed by atoms with Crippen LogP contribution < -0.4 is 9.47 Å². The smallest absolute Gasteiger partial charge is 0.175 e. The first-order valence-corrected chi connectivity index (χ1v) is 6.96. The molecule has 17 heavy (non-hydrogen) atoms. The Morgan fingerprint density at radius 1 is 1.35 bits per heavy atom. The highest BCUT2D eigenvalue weighted by Gasteiger charge is 2.11. The van der Waals surface area contributed by atoms with Crippen molar-refractivity contribution in [3.63, 3.8) is 0 Å². The molecule has 0 atom stereocenters. The first-order valence-electron chi connectivity index (χ1n) is 5.63. The molecule has 0 radical (unpaired) electrons. The van der Waals surface area contributed by atoms with E-state index < -0.39 is 0 Å². The predicted octanol–water partition coefficient (Wildman–Crippen LogP) is 4.62. The van der Waals surface area contributed by atoms with E-state index in [9.17, 15) is 0 Å². The number of alkyl halides is 1. The minimum absolute atomic E-state index is 0.460. The van der Waals surface area contributed by atoms with Gasteiger partial charge in [0.05, 0.1) is 18.2 Å². The van der Waals surface area contributed by atoms with Crippen LogP contribution in [0, 0.1) is 5.92 Å². The molecular formula is C13H18BrClO2. The lowest BCUT2D eigenvalue weighted by molar-refractivity contribution is 0.271. The number of rotatable bonds is 6. The van der Waals surface area contributed by atoms with Gasteiger partial charge >= 0.3 is 0 Å². The molecule has 1 rings (SSSR count). The highest BCUT2D eigenvalue weighted by molar-refractivity contribution is 9.10. The van der Waals surface area contributed by atoms with Crippen molar-refractivity contribution >= 4 is 27.5 Å². The van der Waals surface area contributed by atoms with E-state index in [4.69, 9.17) is 21.1 Å². The molecule has 0 aliphatic carbocycles. The average Bonchev–Trinajstić information content (AvgIpc) is 2.30. The first-order chi connectivity index (χ1) is 8.08. The third-order valence-electron chi connectivity index (χ3n) is 2.39. The van der Waals surface area contributed by atoms with Crippen LogP contribution in [0.2, 0.25) is 0 Å². The Kier molecular flexibility index (Phi) is 6.14. The van der Waals surface area contributed by atoms with Crippen LogP contribution in [-0.2, 0) is 5.88 Å². The van der Waals surface area contributed by atoms with Gasteiger partial charge in [-0.3, -0.25) is 0 Å². The third kappa shape index (κ3) is 4.40. The Hall–Kier alpha value is -0.410. The van der Waals surface area contributed by atoms with Gasteiger partial charge in [-0.1, -0.05) is 13.8 Å². The van der Waals surface area contributed by atoms with Gasteiger partial charge in [-0.05, 0) is 46.0 Å². The van der Waals surface area contributed by atoms with E-state index >= 15 is 0 Å². The fraction of sp³-hybridized carbons (Fsp3) is 0.538. The molecule has 0 aromatic heterocycles. The SMILES string of the molecule is COc1cc(CCl)cc(Br)c1OCCC(C)C. The summed E-state index contributed by atoms with van der Waals surface area (Å²) in [7, 11) is 1.63. The summed E-state index contributed by atoms with van der Waals surface area (Å²) in [4.78, 5) is 0. The highest BCUT2D eigenvalue weighted by Crippen LogP contribution is 2.37. The zero-order valence-electron chi connectivity index (χ0n) is 10.4. The molecule has 0 saturated carbocycles. The average molecular weight is 322 g/mol. The van der Waals surface area contributed by atoms with E-state index in [-0.39, 0.29) is 0 Å². The van der Waals surface area contributed by atoms with Crippen molar-refractivity contribution in [2.75, 3.05) is 13.7 Å². The second-order valence-corrected chi connectivity index (χ2v) is 5.40. The van der Waals surface area contributed by atoms with E-state index in [0.29, 0.717) is 18.4 Å². The van der Waals surface area contributed by atoms with E-state index in [0.717, 1.165) is 28.0 Å². The largest absolute Gasteiger partial charge is 0.493 e. The second-order valence-electron chi connectivity index (χ2n) is 4.27. The number of halogens is 2. The highest BCUT2D eigenvalue weighted by atomic mass is 79.9. The Morgan fingerprint density at radius 2 is 2.06 bits per heavy atom. The topological polar surface area (TPSA) is 18.5 Å². The van der Waals surface area contributed by atoms with Gasteiger partial charge in [-0.25, -0.2) is 0 Å². The predicted molar refractivity (Wildman–Crippen MR) is 75.2 cm³/mol. The van der Waals surface area contributed by atoms with Gasteiger partial charge in [-0.2, -0.15) is 0 Å². The zero-order chi connectivity index (χ0) is 12.8. The zero-order valence-corrected chi connectivity index (χ0v) is 12.8. The lowest BCUT2D eigenvalue weighted by Crippen LogP contribution is -2.03. The van der Waals surface area contributed by atoms with Gasteiger partial charge in [0.2, 0.25) is 0 Å². The summed E-state index contributed by atoms with van der Waals surface area (Å²) in [5, 5.41) is 0. The Balaban J connectivity index is 2.82. The standard InChI is InChI=1S/C13H18BrClO2/c1-9(2)4-5-17-13-11(14)6-10(8-15)7-12(13)16-3/h6-7,9H,4-5,8H2,1-3H3. The van der Waals surface area contributed by atoms with Crippen LogP contribution in [0.3, 0.4) is 0 Å². The summed E-state index contributed by atoms with van der Waals surface area (Å²) in [6.45, 7) is 5.03. The molecule has 0 bridgehead atoms. The summed E-state index contributed by atoms with van der Waals surface area (Å²) in [6.07, 6.45) is 1.02. The lowest BCUT2D eigenvalue weighted by atomic mass is 10.1. The summed E-state index contributed by atoms with van der Waals surface area (Å²) < 4.78 is 12.0. The molecule has 0 N–H and O–H groups in total. The molecule has 0 unspecified atom stereocenters.